The third-order valence-corrected chi connectivity index (χ3v) is 15.9. The summed E-state index contributed by atoms with van der Waals surface area (Å²) in [6.45, 7) is 21.1. The van der Waals surface area contributed by atoms with Gasteiger partial charge in [0.25, 0.3) is 0 Å². The number of carbonyl (C=O) groups excluding carboxylic acids is 2. The SMILES string of the molecule is CC1(C)CC[C@]2(C(=O)OCc3ccccc3)CC[C@]3(C)C(=CC[C@@H]4[C@@]5(C)CC[C@H](OC(=O)CN6CCOCC6)C(C)(C)[C@@H]5CC[C@]43C)[C@@H]2C1. The molecule has 4 saturated carbocycles. The van der Waals surface area contributed by atoms with E-state index in [1.54, 1.807) is 5.57 Å². The van der Waals surface area contributed by atoms with Crippen molar-refractivity contribution in [3.8, 4) is 0 Å². The second-order valence-electron chi connectivity index (χ2n) is 19.2. The van der Waals surface area contributed by atoms with E-state index in [0.29, 0.717) is 38.2 Å². The molecule has 0 amide bonds. The topological polar surface area (TPSA) is 65.1 Å². The fraction of sp³-hybridized carbons (Fsp3) is 0.767. The normalized spacial score (nSPS) is 41.2. The van der Waals surface area contributed by atoms with Crippen LogP contribution in [-0.2, 0) is 30.4 Å². The van der Waals surface area contributed by atoms with Crippen molar-refractivity contribution >= 4 is 11.9 Å². The molecule has 49 heavy (non-hydrogen) atoms. The highest BCUT2D eigenvalue weighted by molar-refractivity contribution is 5.79. The average molecular weight is 674 g/mol. The van der Waals surface area contributed by atoms with Crippen LogP contribution in [0.15, 0.2) is 42.0 Å². The summed E-state index contributed by atoms with van der Waals surface area (Å²) >= 11 is 0. The molecule has 6 nitrogen and oxygen atoms in total. The van der Waals surface area contributed by atoms with Crippen LogP contribution in [0.25, 0.3) is 0 Å². The lowest BCUT2D eigenvalue weighted by Crippen LogP contribution is -2.65. The average Bonchev–Trinajstić information content (AvgIpc) is 3.06. The fourth-order valence-electron chi connectivity index (χ4n) is 12.8. The number of carbonyl (C=O) groups is 2. The van der Waals surface area contributed by atoms with Gasteiger partial charge in [0.1, 0.15) is 12.7 Å². The molecular weight excluding hydrogens is 610 g/mol. The van der Waals surface area contributed by atoms with Gasteiger partial charge in [-0.05, 0) is 109 Å². The van der Waals surface area contributed by atoms with E-state index in [-0.39, 0.29) is 51.0 Å². The van der Waals surface area contributed by atoms with E-state index in [2.05, 4.69) is 71.6 Å². The van der Waals surface area contributed by atoms with Crippen molar-refractivity contribution < 1.29 is 23.8 Å². The molecule has 6 aliphatic rings. The van der Waals surface area contributed by atoms with Crippen LogP contribution in [0, 0.1) is 50.2 Å². The molecule has 1 heterocycles. The Morgan fingerprint density at radius 1 is 0.857 bits per heavy atom. The van der Waals surface area contributed by atoms with Crippen molar-refractivity contribution in [1.82, 2.24) is 4.90 Å². The second kappa shape index (κ2) is 12.5. The summed E-state index contributed by atoms with van der Waals surface area (Å²) in [7, 11) is 0. The van der Waals surface area contributed by atoms with Crippen LogP contribution >= 0.6 is 0 Å². The van der Waals surface area contributed by atoms with Gasteiger partial charge in [0.2, 0.25) is 0 Å². The number of esters is 2. The minimum atomic E-state index is -0.426. The third kappa shape index (κ3) is 5.74. The van der Waals surface area contributed by atoms with Crippen LogP contribution in [-0.4, -0.2) is 55.8 Å². The van der Waals surface area contributed by atoms with E-state index in [4.69, 9.17) is 14.2 Å². The Balaban J connectivity index is 1.14. The van der Waals surface area contributed by atoms with Crippen LogP contribution in [0.5, 0.6) is 0 Å². The first kappa shape index (κ1) is 35.2. The number of morpholine rings is 1. The summed E-state index contributed by atoms with van der Waals surface area (Å²) in [6, 6.07) is 10.2. The Morgan fingerprint density at radius 2 is 1.57 bits per heavy atom. The van der Waals surface area contributed by atoms with Gasteiger partial charge < -0.3 is 14.2 Å². The van der Waals surface area contributed by atoms with Gasteiger partial charge in [-0.2, -0.15) is 0 Å². The number of benzene rings is 1. The zero-order valence-corrected chi connectivity index (χ0v) is 31.6. The van der Waals surface area contributed by atoms with Gasteiger partial charge in [-0.15, -0.1) is 0 Å². The molecule has 0 N–H and O–H groups in total. The standard InChI is InChI=1S/C43H63NO5/c1-38(2)19-21-43(37(46)48-29-30-11-9-8-10-12-30)22-20-41(6)31(32(43)27-38)13-14-34-40(5)17-16-35(39(3,4)33(40)15-18-42(34,41)7)49-36(45)28-44-23-25-47-26-24-44/h8-13,32-35H,14-29H2,1-7H3/t32-,33-,34+,35-,40-,41+,42+,43-/m0/s1. The molecule has 7 rings (SSSR count). The maximum atomic E-state index is 14.3. The monoisotopic (exact) mass is 673 g/mol. The van der Waals surface area contributed by atoms with Crippen LogP contribution in [0.2, 0.25) is 0 Å². The van der Waals surface area contributed by atoms with Gasteiger partial charge in [-0.25, -0.2) is 0 Å². The summed E-state index contributed by atoms with van der Waals surface area (Å²) in [4.78, 5) is 29.7. The molecule has 270 valence electrons. The van der Waals surface area contributed by atoms with Crippen LogP contribution in [0.3, 0.4) is 0 Å². The van der Waals surface area contributed by atoms with Crippen LogP contribution in [0.1, 0.15) is 118 Å². The lowest BCUT2D eigenvalue weighted by molar-refractivity contribution is -0.214. The first-order chi connectivity index (χ1) is 23.1. The zero-order valence-electron chi connectivity index (χ0n) is 31.6. The van der Waals surface area contributed by atoms with Crippen molar-refractivity contribution in [3.05, 3.63) is 47.5 Å². The Bertz CT molecular complexity index is 1440. The molecule has 8 atom stereocenters. The summed E-state index contributed by atoms with van der Waals surface area (Å²) in [5.74, 6) is 1.25. The third-order valence-electron chi connectivity index (χ3n) is 15.9. The second-order valence-corrected chi connectivity index (χ2v) is 19.2. The number of fused-ring (bicyclic) bond motifs is 7. The highest BCUT2D eigenvalue weighted by Crippen LogP contribution is 2.76. The molecule has 1 aliphatic heterocycles. The highest BCUT2D eigenvalue weighted by Gasteiger charge is 2.69. The molecule has 0 bridgehead atoms. The number of ether oxygens (including phenoxy) is 3. The molecule has 1 aromatic rings. The van der Waals surface area contributed by atoms with E-state index in [1.807, 2.05) is 18.2 Å². The smallest absolute Gasteiger partial charge is 0.320 e. The largest absolute Gasteiger partial charge is 0.461 e. The molecule has 0 radical (unpaired) electrons. The first-order valence-corrected chi connectivity index (χ1v) is 19.6. The van der Waals surface area contributed by atoms with Crippen molar-refractivity contribution in [2.45, 2.75) is 125 Å². The molecular formula is C43H63NO5. The molecule has 1 saturated heterocycles. The van der Waals surface area contributed by atoms with Crippen molar-refractivity contribution in [2.24, 2.45) is 50.2 Å². The number of rotatable bonds is 6. The minimum absolute atomic E-state index is 0.0333. The maximum Gasteiger partial charge on any atom is 0.320 e. The fourth-order valence-corrected chi connectivity index (χ4v) is 12.8. The molecule has 6 heteroatoms. The Hall–Kier alpha value is -2.18. The van der Waals surface area contributed by atoms with Crippen LogP contribution in [0.4, 0.5) is 0 Å². The van der Waals surface area contributed by atoms with E-state index in [0.717, 1.165) is 76.4 Å². The summed E-state index contributed by atoms with van der Waals surface area (Å²) in [5, 5.41) is 0. The zero-order chi connectivity index (χ0) is 34.9. The number of hydrogen-bond acceptors (Lipinski definition) is 6. The van der Waals surface area contributed by atoms with Gasteiger partial charge in [0.05, 0.1) is 25.2 Å². The van der Waals surface area contributed by atoms with Gasteiger partial charge in [-0.3, -0.25) is 14.5 Å². The molecule has 1 aromatic carbocycles. The minimum Gasteiger partial charge on any atom is -0.461 e. The first-order valence-electron chi connectivity index (χ1n) is 19.6. The Kier molecular flexibility index (Phi) is 8.99. The number of nitrogens with zero attached hydrogens (tertiary/aromatic N) is 1. The van der Waals surface area contributed by atoms with E-state index >= 15 is 0 Å². The van der Waals surface area contributed by atoms with Gasteiger partial charge in [0.15, 0.2) is 0 Å². The predicted octanol–water partition coefficient (Wildman–Crippen LogP) is 8.78. The summed E-state index contributed by atoms with van der Waals surface area (Å²) < 4.78 is 18.1. The number of hydrogen-bond donors (Lipinski definition) is 0. The Morgan fingerprint density at radius 3 is 2.31 bits per heavy atom. The number of allylic oxidation sites excluding steroid dienone is 2. The maximum absolute atomic E-state index is 14.3. The highest BCUT2D eigenvalue weighted by atomic mass is 16.5. The van der Waals surface area contributed by atoms with Crippen molar-refractivity contribution in [2.75, 3.05) is 32.8 Å². The van der Waals surface area contributed by atoms with Crippen LogP contribution < -0.4 is 0 Å². The molecule has 5 fully saturated rings. The molecule has 0 unspecified atom stereocenters. The molecule has 0 spiro atoms. The molecule has 5 aliphatic carbocycles. The van der Waals surface area contributed by atoms with E-state index < -0.39 is 5.41 Å². The van der Waals surface area contributed by atoms with Gasteiger partial charge >= 0.3 is 11.9 Å². The Labute approximate surface area is 296 Å². The quantitative estimate of drug-likeness (QED) is 0.222. The lowest BCUT2D eigenvalue weighted by Gasteiger charge is -2.71. The lowest BCUT2D eigenvalue weighted by atomic mass is 9.33. The predicted molar refractivity (Wildman–Crippen MR) is 192 cm³/mol. The van der Waals surface area contributed by atoms with Gasteiger partial charge in [-0.1, -0.05) is 90.4 Å². The van der Waals surface area contributed by atoms with E-state index in [1.165, 1.54) is 6.42 Å². The van der Waals surface area contributed by atoms with Crippen molar-refractivity contribution in [3.63, 3.8) is 0 Å². The molecule has 0 aromatic heterocycles. The van der Waals surface area contributed by atoms with Gasteiger partial charge in [0, 0.05) is 18.5 Å². The van der Waals surface area contributed by atoms with Crippen molar-refractivity contribution in [1.29, 1.82) is 0 Å². The summed E-state index contributed by atoms with van der Waals surface area (Å²) in [5.41, 5.74) is 2.70. The van der Waals surface area contributed by atoms with E-state index in [9.17, 15) is 9.59 Å². The summed E-state index contributed by atoms with van der Waals surface area (Å²) in [6.07, 6.45) is 13.1.